The summed E-state index contributed by atoms with van der Waals surface area (Å²) in [6, 6.07) is 2.35. The zero-order chi connectivity index (χ0) is 14.1. The Morgan fingerprint density at radius 3 is 1.95 bits per heavy atom. The summed E-state index contributed by atoms with van der Waals surface area (Å²) in [5.74, 6) is 0.142. The van der Waals surface area contributed by atoms with E-state index in [1.807, 2.05) is 4.90 Å². The maximum Gasteiger partial charge on any atom is 0.243 e. The number of carbonyl (C=O) groups excluding carboxylic acids is 1. The summed E-state index contributed by atoms with van der Waals surface area (Å²) in [6.45, 7) is 1.78. The van der Waals surface area contributed by atoms with Crippen LogP contribution < -0.4 is 0 Å². The maximum absolute atomic E-state index is 12.7. The quantitative estimate of drug-likeness (QED) is 0.732. The molecule has 3 fully saturated rings. The summed E-state index contributed by atoms with van der Waals surface area (Å²) in [4.78, 5) is 14.7. The SMILES string of the molecule is N#CC1(C(=O)N2CCC3(CCCCC3)CC2)CCCC1. The molecular weight excluding hydrogens is 248 g/mol. The van der Waals surface area contributed by atoms with Gasteiger partial charge in [-0.2, -0.15) is 5.26 Å². The third-order valence-electron chi connectivity index (χ3n) is 6.11. The van der Waals surface area contributed by atoms with Gasteiger partial charge in [0.05, 0.1) is 6.07 Å². The predicted molar refractivity (Wildman–Crippen MR) is 77.8 cm³/mol. The molecule has 1 amide bonds. The van der Waals surface area contributed by atoms with Crippen molar-refractivity contribution in [3.05, 3.63) is 0 Å². The molecule has 3 heteroatoms. The Labute approximate surface area is 122 Å². The predicted octanol–water partition coefficient (Wildman–Crippen LogP) is 3.64. The number of amides is 1. The molecule has 1 saturated heterocycles. The van der Waals surface area contributed by atoms with Crippen molar-refractivity contribution in [3.63, 3.8) is 0 Å². The highest BCUT2D eigenvalue weighted by atomic mass is 16.2. The molecule has 1 heterocycles. The molecule has 0 atom stereocenters. The number of hydrogen-bond donors (Lipinski definition) is 0. The molecule has 3 nitrogen and oxygen atoms in total. The Hall–Kier alpha value is -1.04. The van der Waals surface area contributed by atoms with E-state index in [1.165, 1.54) is 44.9 Å². The summed E-state index contributed by atoms with van der Waals surface area (Å²) in [7, 11) is 0. The average molecular weight is 274 g/mol. The summed E-state index contributed by atoms with van der Waals surface area (Å²) >= 11 is 0. The molecule has 0 aromatic heterocycles. The second kappa shape index (κ2) is 5.39. The zero-order valence-corrected chi connectivity index (χ0v) is 12.5. The summed E-state index contributed by atoms with van der Waals surface area (Å²) < 4.78 is 0. The minimum atomic E-state index is -0.670. The monoisotopic (exact) mass is 274 g/mol. The Kier molecular flexibility index (Phi) is 3.75. The smallest absolute Gasteiger partial charge is 0.243 e. The lowest BCUT2D eigenvalue weighted by atomic mass is 9.68. The molecule has 2 aliphatic carbocycles. The Balaban J connectivity index is 1.63. The van der Waals surface area contributed by atoms with E-state index in [1.54, 1.807) is 0 Å². The highest BCUT2D eigenvalue weighted by Gasteiger charge is 2.46. The van der Waals surface area contributed by atoms with Gasteiger partial charge >= 0.3 is 0 Å². The van der Waals surface area contributed by atoms with Gasteiger partial charge in [-0.3, -0.25) is 4.79 Å². The fraction of sp³-hybridized carbons (Fsp3) is 0.882. The fourth-order valence-corrected chi connectivity index (χ4v) is 4.64. The second-order valence-electron chi connectivity index (χ2n) is 7.25. The molecule has 0 radical (unpaired) electrons. The molecule has 3 aliphatic rings. The number of rotatable bonds is 1. The molecule has 2 saturated carbocycles. The van der Waals surface area contributed by atoms with Crippen LogP contribution in [0, 0.1) is 22.2 Å². The van der Waals surface area contributed by atoms with Crippen molar-refractivity contribution in [2.24, 2.45) is 10.8 Å². The van der Waals surface area contributed by atoms with Crippen LogP contribution in [-0.4, -0.2) is 23.9 Å². The van der Waals surface area contributed by atoms with E-state index in [0.29, 0.717) is 5.41 Å². The molecule has 0 aromatic carbocycles. The largest absolute Gasteiger partial charge is 0.341 e. The average Bonchev–Trinajstić information content (AvgIpc) is 2.98. The van der Waals surface area contributed by atoms with E-state index in [0.717, 1.165) is 38.8 Å². The molecule has 3 rings (SSSR count). The van der Waals surface area contributed by atoms with Gasteiger partial charge < -0.3 is 4.90 Å². The van der Waals surface area contributed by atoms with Gasteiger partial charge in [-0.15, -0.1) is 0 Å². The minimum Gasteiger partial charge on any atom is -0.341 e. The molecule has 1 spiro atoms. The number of likely N-dealkylation sites (tertiary alicyclic amines) is 1. The van der Waals surface area contributed by atoms with Crippen LogP contribution in [0.2, 0.25) is 0 Å². The number of nitriles is 1. The minimum absolute atomic E-state index is 0.142. The molecule has 110 valence electrons. The van der Waals surface area contributed by atoms with E-state index in [2.05, 4.69) is 6.07 Å². The summed E-state index contributed by atoms with van der Waals surface area (Å²) in [5.41, 5.74) is -0.137. The van der Waals surface area contributed by atoms with E-state index in [9.17, 15) is 10.1 Å². The van der Waals surface area contributed by atoms with Gasteiger partial charge in [0, 0.05) is 13.1 Å². The lowest BCUT2D eigenvalue weighted by molar-refractivity contribution is -0.141. The Bertz CT molecular complexity index is 401. The zero-order valence-electron chi connectivity index (χ0n) is 12.5. The van der Waals surface area contributed by atoms with Gasteiger partial charge in [-0.25, -0.2) is 0 Å². The fourth-order valence-electron chi connectivity index (χ4n) is 4.64. The van der Waals surface area contributed by atoms with Crippen LogP contribution in [-0.2, 0) is 4.79 Å². The molecule has 20 heavy (non-hydrogen) atoms. The van der Waals surface area contributed by atoms with Crippen LogP contribution >= 0.6 is 0 Å². The number of hydrogen-bond acceptors (Lipinski definition) is 2. The number of piperidine rings is 1. The molecule has 0 N–H and O–H groups in total. The number of carbonyl (C=O) groups is 1. The van der Waals surface area contributed by atoms with Gasteiger partial charge in [0.15, 0.2) is 0 Å². The van der Waals surface area contributed by atoms with Crippen LogP contribution in [0.1, 0.15) is 70.6 Å². The van der Waals surface area contributed by atoms with Gasteiger partial charge in [0.2, 0.25) is 5.91 Å². The van der Waals surface area contributed by atoms with Crippen molar-refractivity contribution in [1.82, 2.24) is 4.90 Å². The van der Waals surface area contributed by atoms with E-state index < -0.39 is 5.41 Å². The van der Waals surface area contributed by atoms with Gasteiger partial charge in [0.1, 0.15) is 5.41 Å². The van der Waals surface area contributed by atoms with Crippen molar-refractivity contribution in [1.29, 1.82) is 5.26 Å². The first kappa shape index (κ1) is 13.9. The van der Waals surface area contributed by atoms with Crippen LogP contribution in [0.25, 0.3) is 0 Å². The lowest BCUT2D eigenvalue weighted by Crippen LogP contribution is -2.48. The summed E-state index contributed by atoms with van der Waals surface area (Å²) in [5, 5.41) is 9.46. The molecule has 1 aliphatic heterocycles. The third kappa shape index (κ3) is 2.34. The van der Waals surface area contributed by atoms with Crippen molar-refractivity contribution < 1.29 is 4.79 Å². The Morgan fingerprint density at radius 2 is 1.40 bits per heavy atom. The molecule has 0 unspecified atom stereocenters. The topological polar surface area (TPSA) is 44.1 Å². The van der Waals surface area contributed by atoms with Crippen molar-refractivity contribution >= 4 is 5.91 Å². The standard InChI is InChI=1S/C17H26N2O/c18-14-17(8-4-5-9-17)15(20)19-12-10-16(11-13-19)6-2-1-3-7-16/h1-13H2. The van der Waals surface area contributed by atoms with E-state index in [4.69, 9.17) is 0 Å². The van der Waals surface area contributed by atoms with Crippen molar-refractivity contribution in [2.75, 3.05) is 13.1 Å². The second-order valence-corrected chi connectivity index (χ2v) is 7.25. The van der Waals surface area contributed by atoms with Gasteiger partial charge in [-0.1, -0.05) is 32.1 Å². The van der Waals surface area contributed by atoms with Crippen molar-refractivity contribution in [2.45, 2.75) is 70.6 Å². The lowest BCUT2D eigenvalue weighted by Gasteiger charge is -2.45. The van der Waals surface area contributed by atoms with Crippen LogP contribution in [0.15, 0.2) is 0 Å². The molecule has 0 bridgehead atoms. The highest BCUT2D eigenvalue weighted by Crippen LogP contribution is 2.46. The first-order valence-corrected chi connectivity index (χ1v) is 8.41. The van der Waals surface area contributed by atoms with Crippen LogP contribution in [0.5, 0.6) is 0 Å². The van der Waals surface area contributed by atoms with Gasteiger partial charge in [0.25, 0.3) is 0 Å². The van der Waals surface area contributed by atoms with Crippen LogP contribution in [0.4, 0.5) is 0 Å². The normalized spacial score (nSPS) is 28.2. The number of nitrogens with zero attached hydrogens (tertiary/aromatic N) is 2. The van der Waals surface area contributed by atoms with Crippen LogP contribution in [0.3, 0.4) is 0 Å². The first-order valence-electron chi connectivity index (χ1n) is 8.41. The summed E-state index contributed by atoms with van der Waals surface area (Å²) in [6.07, 6.45) is 12.8. The maximum atomic E-state index is 12.7. The third-order valence-corrected chi connectivity index (χ3v) is 6.11. The molecular formula is C17H26N2O. The van der Waals surface area contributed by atoms with E-state index in [-0.39, 0.29) is 5.91 Å². The molecule has 0 aromatic rings. The van der Waals surface area contributed by atoms with E-state index >= 15 is 0 Å². The Morgan fingerprint density at radius 1 is 0.850 bits per heavy atom. The highest BCUT2D eigenvalue weighted by molar-refractivity contribution is 5.85. The van der Waals surface area contributed by atoms with Gasteiger partial charge in [-0.05, 0) is 43.9 Å². The first-order chi connectivity index (χ1) is 9.70. The van der Waals surface area contributed by atoms with Crippen molar-refractivity contribution in [3.8, 4) is 6.07 Å².